The topological polar surface area (TPSA) is 53.4 Å². The average molecular weight is 226 g/mol. The van der Waals surface area contributed by atoms with Gasteiger partial charge in [0.15, 0.2) is 0 Å². The molecule has 92 valence electrons. The molecule has 0 unspecified atom stereocenters. The first kappa shape index (κ1) is 13.0. The van der Waals surface area contributed by atoms with Gasteiger partial charge in [0.1, 0.15) is 12.3 Å². The predicted molar refractivity (Wildman–Crippen MR) is 63.6 cm³/mol. The van der Waals surface area contributed by atoms with Crippen LogP contribution in [-0.2, 0) is 9.53 Å². The van der Waals surface area contributed by atoms with Crippen molar-refractivity contribution < 1.29 is 9.53 Å². The molecule has 1 rings (SSSR count). The van der Waals surface area contributed by atoms with Gasteiger partial charge in [-0.2, -0.15) is 0 Å². The summed E-state index contributed by atoms with van der Waals surface area (Å²) >= 11 is 0. The highest BCUT2D eigenvalue weighted by atomic mass is 16.5. The van der Waals surface area contributed by atoms with E-state index < -0.39 is 0 Å². The van der Waals surface area contributed by atoms with Crippen molar-refractivity contribution >= 4 is 11.8 Å². The van der Waals surface area contributed by atoms with E-state index in [9.17, 15) is 4.79 Å². The molecule has 1 fully saturated rings. The Hall–Kier alpha value is -1.06. The Bertz CT molecular complexity index is 233. The number of carbonyl (C=O) groups excluding carboxylic acids is 1. The highest BCUT2D eigenvalue weighted by Crippen LogP contribution is 2.11. The molecule has 0 bridgehead atoms. The van der Waals surface area contributed by atoms with Gasteiger partial charge in [-0.15, -0.1) is 0 Å². The molecule has 0 atom stereocenters. The Morgan fingerprint density at radius 1 is 1.19 bits per heavy atom. The van der Waals surface area contributed by atoms with Crippen molar-refractivity contribution in [3.63, 3.8) is 0 Å². The molecule has 0 aromatic carbocycles. The summed E-state index contributed by atoms with van der Waals surface area (Å²) in [6.07, 6.45) is 6.16. The molecule has 0 aromatic heterocycles. The monoisotopic (exact) mass is 226 g/mol. The van der Waals surface area contributed by atoms with E-state index in [-0.39, 0.29) is 12.4 Å². The van der Waals surface area contributed by atoms with Gasteiger partial charge in [0.25, 0.3) is 0 Å². The number of likely N-dealkylation sites (tertiary alicyclic amines) is 1. The quantitative estimate of drug-likeness (QED) is 0.456. The Kier molecular flexibility index (Phi) is 5.90. The zero-order valence-corrected chi connectivity index (χ0v) is 10.1. The second-order valence-corrected chi connectivity index (χ2v) is 4.18. The molecule has 4 nitrogen and oxygen atoms in total. The molecular weight excluding hydrogens is 204 g/mol. The van der Waals surface area contributed by atoms with Crippen LogP contribution in [0.15, 0.2) is 0 Å². The van der Waals surface area contributed by atoms with Gasteiger partial charge < -0.3 is 9.64 Å². The van der Waals surface area contributed by atoms with Crippen LogP contribution in [-0.4, -0.2) is 36.4 Å². The fourth-order valence-corrected chi connectivity index (χ4v) is 1.98. The third-order valence-electron chi connectivity index (χ3n) is 2.85. The average Bonchev–Trinajstić information content (AvgIpc) is 2.16. The Morgan fingerprint density at radius 2 is 1.75 bits per heavy atom. The fraction of sp³-hybridized carbons (Fsp3) is 0.833. The Labute approximate surface area is 97.5 Å². The molecule has 0 saturated carbocycles. The summed E-state index contributed by atoms with van der Waals surface area (Å²) in [6.45, 7) is 4.01. The van der Waals surface area contributed by atoms with Gasteiger partial charge in [-0.05, 0) is 19.8 Å². The summed E-state index contributed by atoms with van der Waals surface area (Å²) in [5, 5.41) is 7.89. The highest BCUT2D eigenvalue weighted by molar-refractivity contribution is 5.95. The van der Waals surface area contributed by atoms with Crippen LogP contribution in [0.25, 0.3) is 0 Å². The maximum atomic E-state index is 11.3. The number of nitrogens with zero attached hydrogens (tertiary/aromatic N) is 1. The van der Waals surface area contributed by atoms with Gasteiger partial charge >= 0.3 is 5.97 Å². The summed E-state index contributed by atoms with van der Waals surface area (Å²) < 4.78 is 4.85. The molecule has 0 aromatic rings. The number of carbonyl (C=O) groups is 1. The summed E-state index contributed by atoms with van der Waals surface area (Å²) in [7, 11) is 0. The van der Waals surface area contributed by atoms with E-state index in [4.69, 9.17) is 10.1 Å². The molecule has 4 heteroatoms. The number of esters is 1. The van der Waals surface area contributed by atoms with Crippen LogP contribution in [0.3, 0.4) is 0 Å². The van der Waals surface area contributed by atoms with Gasteiger partial charge in [-0.1, -0.05) is 19.3 Å². The molecule has 1 heterocycles. The number of rotatable bonds is 3. The van der Waals surface area contributed by atoms with Crippen LogP contribution in [0.5, 0.6) is 0 Å². The van der Waals surface area contributed by atoms with E-state index in [1.54, 1.807) is 6.92 Å². The Balaban J connectivity index is 2.35. The number of nitrogens with one attached hydrogen (secondary N) is 1. The van der Waals surface area contributed by atoms with Crippen LogP contribution in [0.2, 0.25) is 0 Å². The maximum Gasteiger partial charge on any atom is 0.313 e. The van der Waals surface area contributed by atoms with E-state index in [1.807, 2.05) is 4.90 Å². The van der Waals surface area contributed by atoms with Gasteiger partial charge in [-0.3, -0.25) is 10.2 Å². The summed E-state index contributed by atoms with van der Waals surface area (Å²) in [6, 6.07) is 0. The van der Waals surface area contributed by atoms with E-state index in [2.05, 4.69) is 0 Å². The number of ether oxygens (including phenoxy) is 1. The first-order valence-electron chi connectivity index (χ1n) is 6.22. The molecule has 16 heavy (non-hydrogen) atoms. The van der Waals surface area contributed by atoms with Gasteiger partial charge in [-0.25, -0.2) is 0 Å². The summed E-state index contributed by atoms with van der Waals surface area (Å²) in [4.78, 5) is 13.3. The molecule has 0 aliphatic carbocycles. The zero-order chi connectivity index (χ0) is 11.8. The fourth-order valence-electron chi connectivity index (χ4n) is 1.98. The van der Waals surface area contributed by atoms with Crippen molar-refractivity contribution in [1.82, 2.24) is 4.90 Å². The number of hydrogen-bond donors (Lipinski definition) is 1. The van der Waals surface area contributed by atoms with Crippen LogP contribution < -0.4 is 0 Å². The largest absolute Gasteiger partial charge is 0.466 e. The first-order valence-corrected chi connectivity index (χ1v) is 6.22. The summed E-state index contributed by atoms with van der Waals surface area (Å²) in [5.74, 6) is 0.134. The van der Waals surface area contributed by atoms with E-state index >= 15 is 0 Å². The predicted octanol–water partition coefficient (Wildman–Crippen LogP) is 2.18. The van der Waals surface area contributed by atoms with Crippen molar-refractivity contribution in [2.75, 3.05) is 19.7 Å². The minimum Gasteiger partial charge on any atom is -0.466 e. The van der Waals surface area contributed by atoms with Crippen molar-refractivity contribution in [3.8, 4) is 0 Å². The lowest BCUT2D eigenvalue weighted by molar-refractivity contribution is -0.141. The van der Waals surface area contributed by atoms with Gasteiger partial charge in [0.2, 0.25) is 0 Å². The highest BCUT2D eigenvalue weighted by Gasteiger charge is 2.15. The number of amidine groups is 1. The van der Waals surface area contributed by atoms with Crippen molar-refractivity contribution in [3.05, 3.63) is 0 Å². The lowest BCUT2D eigenvalue weighted by Crippen LogP contribution is -2.34. The third-order valence-corrected chi connectivity index (χ3v) is 2.85. The molecule has 1 N–H and O–H groups in total. The van der Waals surface area contributed by atoms with Crippen molar-refractivity contribution in [2.24, 2.45) is 0 Å². The minimum absolute atomic E-state index is 0.119. The first-order chi connectivity index (χ1) is 7.74. The van der Waals surface area contributed by atoms with E-state index in [0.29, 0.717) is 12.4 Å². The van der Waals surface area contributed by atoms with Gasteiger partial charge in [0, 0.05) is 13.1 Å². The second kappa shape index (κ2) is 7.25. The third kappa shape index (κ3) is 4.64. The number of hydrogen-bond acceptors (Lipinski definition) is 3. The lowest BCUT2D eigenvalue weighted by atomic mass is 10.1. The Morgan fingerprint density at radius 3 is 2.31 bits per heavy atom. The molecule has 1 aliphatic heterocycles. The molecule has 0 spiro atoms. The smallest absolute Gasteiger partial charge is 0.313 e. The van der Waals surface area contributed by atoms with Crippen LogP contribution in [0, 0.1) is 5.41 Å². The molecule has 0 radical (unpaired) electrons. The SMILES string of the molecule is CCOC(=O)CC(=N)N1CCCCCCC1. The lowest BCUT2D eigenvalue weighted by Gasteiger charge is -2.26. The second-order valence-electron chi connectivity index (χ2n) is 4.18. The van der Waals surface area contributed by atoms with Crippen LogP contribution in [0.4, 0.5) is 0 Å². The molecular formula is C12H22N2O2. The minimum atomic E-state index is -0.283. The van der Waals surface area contributed by atoms with Crippen LogP contribution >= 0.6 is 0 Å². The summed E-state index contributed by atoms with van der Waals surface area (Å²) in [5.41, 5.74) is 0. The molecule has 1 aliphatic rings. The maximum absolute atomic E-state index is 11.3. The standard InChI is InChI=1S/C12H22N2O2/c1-2-16-12(15)10-11(13)14-8-6-4-3-5-7-9-14/h13H,2-10H2,1H3. The molecule has 1 saturated heterocycles. The van der Waals surface area contributed by atoms with Crippen LogP contribution in [0.1, 0.15) is 45.4 Å². The van der Waals surface area contributed by atoms with Crippen molar-refractivity contribution in [1.29, 1.82) is 5.41 Å². The molecule has 0 amide bonds. The normalized spacial score (nSPS) is 17.4. The van der Waals surface area contributed by atoms with Crippen molar-refractivity contribution in [2.45, 2.75) is 45.4 Å². The van der Waals surface area contributed by atoms with E-state index in [1.165, 1.54) is 19.3 Å². The van der Waals surface area contributed by atoms with E-state index in [0.717, 1.165) is 25.9 Å². The zero-order valence-electron chi connectivity index (χ0n) is 10.1. The van der Waals surface area contributed by atoms with Gasteiger partial charge in [0.05, 0.1) is 6.61 Å².